The lowest BCUT2D eigenvalue weighted by atomic mass is 9.90. The van der Waals surface area contributed by atoms with Gasteiger partial charge in [-0.2, -0.15) is 8.42 Å². The number of Topliss-reactive ketones (excluding diaryl/α,β-unsaturated/α-hetero) is 1. The Bertz CT molecular complexity index is 2290. The van der Waals surface area contributed by atoms with Crippen LogP contribution in [0.3, 0.4) is 0 Å². The number of azide groups is 1. The van der Waals surface area contributed by atoms with Crippen molar-refractivity contribution < 1.29 is 55.3 Å². The second kappa shape index (κ2) is 25.6. The Morgan fingerprint density at radius 2 is 0.973 bits per heavy atom. The van der Waals surface area contributed by atoms with Crippen LogP contribution in [0.5, 0.6) is 0 Å². The maximum absolute atomic E-state index is 10.9. The summed E-state index contributed by atoms with van der Waals surface area (Å²) in [6, 6.07) is 1.45. The molecule has 12 rings (SSSR count). The van der Waals surface area contributed by atoms with Crippen LogP contribution >= 0.6 is 0 Å². The second-order valence-electron chi connectivity index (χ2n) is 21.7. The highest BCUT2D eigenvalue weighted by molar-refractivity contribution is 7.86. The van der Waals surface area contributed by atoms with Crippen molar-refractivity contribution in [2.24, 2.45) is 5.11 Å². The maximum Gasteiger partial charge on any atom is 0.264 e. The first-order valence-corrected chi connectivity index (χ1v) is 32.1. The number of ether oxygens (including phenoxy) is 8. The van der Waals surface area contributed by atoms with Crippen molar-refractivity contribution in [3.63, 3.8) is 0 Å². The molecule has 0 radical (unpaired) electrons. The molecule has 0 bridgehead atoms. The highest BCUT2D eigenvalue weighted by Gasteiger charge is 2.44. The minimum Gasteiger partial charge on any atom is -0.348 e. The molecule has 74 heavy (non-hydrogen) atoms. The highest BCUT2D eigenvalue weighted by atomic mass is 32.2. The van der Waals surface area contributed by atoms with E-state index >= 15 is 0 Å². The van der Waals surface area contributed by atoms with Crippen LogP contribution in [0, 0.1) is 0 Å². The first-order chi connectivity index (χ1) is 35.6. The Kier molecular flexibility index (Phi) is 19.5. The van der Waals surface area contributed by atoms with Gasteiger partial charge >= 0.3 is 0 Å². The number of nitrogens with zero attached hydrogens (tertiary/aromatic N) is 12. The van der Waals surface area contributed by atoms with E-state index in [1.165, 1.54) is 5.32 Å². The van der Waals surface area contributed by atoms with Gasteiger partial charge in [0.15, 0.2) is 23.1 Å². The summed E-state index contributed by atoms with van der Waals surface area (Å²) in [4.78, 5) is 13.8. The van der Waals surface area contributed by atoms with Gasteiger partial charge in [-0.05, 0) is 69.7 Å². The van der Waals surface area contributed by atoms with Crippen molar-refractivity contribution in [1.29, 1.82) is 0 Å². The van der Waals surface area contributed by atoms with E-state index < -0.39 is 24.0 Å². The zero-order valence-electron chi connectivity index (χ0n) is 43.7. The molecule has 9 aliphatic rings. The van der Waals surface area contributed by atoms with Crippen LogP contribution in [0.15, 0.2) is 36.1 Å². The summed E-state index contributed by atoms with van der Waals surface area (Å²) in [6.45, 7) is 12.6. The van der Waals surface area contributed by atoms with Crippen molar-refractivity contribution in [1.82, 2.24) is 45.0 Å². The normalized spacial score (nSPS) is 27.2. The summed E-state index contributed by atoms with van der Waals surface area (Å²) in [5, 5.41) is 29.1. The third-order valence-corrected chi connectivity index (χ3v) is 17.8. The third-order valence-electron chi connectivity index (χ3n) is 15.4. The SMILES string of the molecule is CS(=O)(=O)OC1CCC2(CC1)OCCO2.C[Si](C)(C)c1cn(C2CCC3(CC2)OCCO3)nn1.O=C1CCC(n2ccnn2)CC1.[N-]=[N+]=NC1CCC2(CC1)OCCO2.c1cn(C2CCC3(CC2)OCCO3)nn1. The first kappa shape index (κ1) is 56.4. The zero-order chi connectivity index (χ0) is 52.1. The molecular weight excluding hydrogens is 997 g/mol. The zero-order valence-corrected chi connectivity index (χ0v) is 45.6. The van der Waals surface area contributed by atoms with E-state index in [-0.39, 0.29) is 29.5 Å². The highest BCUT2D eigenvalue weighted by Crippen LogP contribution is 2.42. The van der Waals surface area contributed by atoms with Crippen LogP contribution in [-0.2, 0) is 57.0 Å². The smallest absolute Gasteiger partial charge is 0.264 e. The van der Waals surface area contributed by atoms with Gasteiger partial charge in [-0.3, -0.25) is 8.98 Å². The largest absolute Gasteiger partial charge is 0.348 e. The van der Waals surface area contributed by atoms with E-state index in [2.05, 4.69) is 71.5 Å². The molecule has 3 aromatic rings. The molecule has 0 unspecified atom stereocenters. The molecular formula is C48H78N12O12SSi. The van der Waals surface area contributed by atoms with Gasteiger partial charge in [0.2, 0.25) is 0 Å². The van der Waals surface area contributed by atoms with E-state index in [9.17, 15) is 13.2 Å². The molecule has 9 fully saturated rings. The molecule has 24 nitrogen and oxygen atoms in total. The summed E-state index contributed by atoms with van der Waals surface area (Å²) >= 11 is 0. The minimum atomic E-state index is -3.34. The summed E-state index contributed by atoms with van der Waals surface area (Å²) < 4.78 is 77.7. The van der Waals surface area contributed by atoms with Crippen molar-refractivity contribution in [3.05, 3.63) is 41.4 Å². The van der Waals surface area contributed by atoms with Crippen LogP contribution in [0.2, 0.25) is 19.6 Å². The summed E-state index contributed by atoms with van der Waals surface area (Å²) in [5.74, 6) is -0.944. The molecule has 7 heterocycles. The Balaban J connectivity index is 0.000000124. The number of ketones is 1. The Hall–Kier alpha value is -3.79. The third kappa shape index (κ3) is 15.9. The first-order valence-electron chi connectivity index (χ1n) is 26.8. The van der Waals surface area contributed by atoms with Gasteiger partial charge in [0.05, 0.1) is 101 Å². The molecule has 0 N–H and O–H groups in total. The van der Waals surface area contributed by atoms with Gasteiger partial charge < -0.3 is 37.9 Å². The van der Waals surface area contributed by atoms with Crippen molar-refractivity contribution in [2.45, 2.75) is 201 Å². The molecule has 4 saturated heterocycles. The molecule has 26 heteroatoms. The number of hydrogen-bond acceptors (Lipinski definition) is 19. The number of carbonyl (C=O) groups is 1. The fraction of sp³-hybridized carbons (Fsp3) is 0.854. The number of carbonyl (C=O) groups excluding carboxylic acids is 1. The average Bonchev–Trinajstić information content (AvgIpc) is 4.25. The van der Waals surface area contributed by atoms with E-state index in [4.69, 9.17) is 47.6 Å². The molecule has 3 aromatic heterocycles. The van der Waals surface area contributed by atoms with Crippen molar-refractivity contribution in [2.75, 3.05) is 59.1 Å². The topological polar surface area (TPSA) is 275 Å². The van der Waals surface area contributed by atoms with Gasteiger partial charge in [-0.1, -0.05) is 40.4 Å². The summed E-state index contributed by atoms with van der Waals surface area (Å²) in [5.41, 5.74) is 8.27. The summed E-state index contributed by atoms with van der Waals surface area (Å²) in [6.07, 6.45) is 27.8. The Labute approximate surface area is 435 Å². The van der Waals surface area contributed by atoms with E-state index in [1.54, 1.807) is 12.4 Å². The quantitative estimate of drug-likeness (QED) is 0.0812. The molecule has 412 valence electrons. The summed E-state index contributed by atoms with van der Waals surface area (Å²) in [7, 11) is -4.69. The lowest BCUT2D eigenvalue weighted by Gasteiger charge is -2.35. The number of aromatic nitrogens is 9. The van der Waals surface area contributed by atoms with Gasteiger partial charge in [-0.25, -0.2) is 14.0 Å². The average molecular weight is 1080 g/mol. The Morgan fingerprint density at radius 3 is 1.32 bits per heavy atom. The standard InChI is InChI=1S/C13H23N3O2Si.C10H15N3O2.C9H16O5S.C8H13N3O2.C8H11N3O/c1-19(2,3)12-10-16(15-14-12)11-4-6-13(7-5-11)17-8-9-18-13;1-3-10(14-7-8-15-10)4-2-9(1)13-6-5-11-12-13;1-15(10,11)14-8-2-4-9(5-3-8)12-6-7-13-9;9-11-10-7-1-3-8(4-2-7)12-5-6-13-8;12-8-3-1-7(2-4-8)11-6-5-9-10-11/h10-11H,4-9H2,1-3H3;5-6,9H,1-4,7-8H2;8H,2-7H2,1H3;7H,1-6H2;5-7H,1-4H2. The van der Waals surface area contributed by atoms with Gasteiger partial charge in [-0.15, -0.1) is 15.3 Å². The number of hydrogen-bond donors (Lipinski definition) is 0. The van der Waals surface area contributed by atoms with E-state index in [1.807, 2.05) is 21.8 Å². The second-order valence-corrected chi connectivity index (χ2v) is 28.3. The van der Waals surface area contributed by atoms with Crippen LogP contribution in [-0.4, -0.2) is 162 Å². The molecule has 0 amide bonds. The van der Waals surface area contributed by atoms with Crippen LogP contribution in [0.1, 0.15) is 147 Å². The fourth-order valence-corrected chi connectivity index (χ4v) is 12.7. The van der Waals surface area contributed by atoms with E-state index in [0.29, 0.717) is 88.9 Å². The maximum atomic E-state index is 10.9. The lowest BCUT2D eigenvalue weighted by molar-refractivity contribution is -0.185. The molecule has 5 aliphatic carbocycles. The van der Waals surface area contributed by atoms with Crippen LogP contribution in [0.4, 0.5) is 0 Å². The van der Waals surface area contributed by atoms with E-state index in [0.717, 1.165) is 123 Å². The van der Waals surface area contributed by atoms with Gasteiger partial charge in [0, 0.05) is 93.8 Å². The monoisotopic (exact) mass is 1070 g/mol. The molecule has 4 aliphatic heterocycles. The Morgan fingerprint density at radius 1 is 0.595 bits per heavy atom. The van der Waals surface area contributed by atoms with Gasteiger partial charge in [0.25, 0.3) is 10.1 Å². The molecule has 0 atom stereocenters. The van der Waals surface area contributed by atoms with Crippen LogP contribution < -0.4 is 5.32 Å². The number of rotatable bonds is 7. The predicted molar refractivity (Wildman–Crippen MR) is 269 cm³/mol. The van der Waals surface area contributed by atoms with Gasteiger partial charge in [0.1, 0.15) is 13.9 Å². The van der Waals surface area contributed by atoms with Crippen molar-refractivity contribution in [3.8, 4) is 0 Å². The molecule has 0 aromatic carbocycles. The molecule has 5 saturated carbocycles. The predicted octanol–water partition coefficient (Wildman–Crippen LogP) is 6.41. The van der Waals surface area contributed by atoms with Crippen molar-refractivity contribution >= 4 is 29.3 Å². The minimum absolute atomic E-state index is 0.142. The fourth-order valence-electron chi connectivity index (χ4n) is 11.2. The van der Waals surface area contributed by atoms with Crippen LogP contribution in [0.25, 0.3) is 10.4 Å². The molecule has 4 spiro atoms. The lowest BCUT2D eigenvalue weighted by Crippen LogP contribution is -2.39.